The van der Waals surface area contributed by atoms with Gasteiger partial charge in [-0.3, -0.25) is 0 Å². The van der Waals surface area contributed by atoms with Crippen molar-refractivity contribution in [1.82, 2.24) is 0 Å². The van der Waals surface area contributed by atoms with Crippen molar-refractivity contribution in [1.29, 1.82) is 0 Å². The number of unbranched alkanes of at least 4 members (excludes halogenated alkanes) is 12. The topological polar surface area (TPSA) is 0 Å². The summed E-state index contributed by atoms with van der Waals surface area (Å²) in [6.07, 6.45) is 27.0. The molecule has 0 heterocycles. The Morgan fingerprint density at radius 2 is 0.900 bits per heavy atom. The van der Waals surface area contributed by atoms with E-state index in [0.717, 1.165) is 0 Å². The van der Waals surface area contributed by atoms with Gasteiger partial charge in [-0.15, -0.1) is 0 Å². The molecule has 0 heteroatoms. The van der Waals surface area contributed by atoms with Gasteiger partial charge in [0.1, 0.15) is 0 Å². The van der Waals surface area contributed by atoms with Crippen molar-refractivity contribution in [3.8, 4) is 0 Å². The molecule has 0 saturated carbocycles. The van der Waals surface area contributed by atoms with Crippen LogP contribution in [0.5, 0.6) is 0 Å². The van der Waals surface area contributed by atoms with Crippen LogP contribution in [-0.2, 0) is 25.7 Å². The van der Waals surface area contributed by atoms with E-state index < -0.39 is 0 Å². The lowest BCUT2D eigenvalue weighted by Gasteiger charge is -2.20. The van der Waals surface area contributed by atoms with Gasteiger partial charge >= 0.3 is 0 Å². The van der Waals surface area contributed by atoms with Gasteiger partial charge in [-0.2, -0.15) is 0 Å². The van der Waals surface area contributed by atoms with Crippen LogP contribution in [0.1, 0.15) is 153 Å². The summed E-state index contributed by atoms with van der Waals surface area (Å²) in [5.41, 5.74) is 6.70. The molecule has 0 nitrogen and oxygen atoms in total. The smallest absolute Gasteiger partial charge is 0.0143 e. The van der Waals surface area contributed by atoms with Crippen LogP contribution in [0, 0.1) is 6.07 Å². The van der Waals surface area contributed by atoms with Crippen molar-refractivity contribution in [2.24, 2.45) is 0 Å². The Morgan fingerprint density at radius 1 is 0.467 bits per heavy atom. The van der Waals surface area contributed by atoms with Gasteiger partial charge < -0.3 is 0 Å². The zero-order valence-electron chi connectivity index (χ0n) is 21.2. The third-order valence-corrected chi connectivity index (χ3v) is 6.68. The number of hydrogen-bond acceptors (Lipinski definition) is 0. The molecule has 0 aromatic heterocycles. The average Bonchev–Trinajstić information content (AvgIpc) is 2.76. The Bertz CT molecular complexity index is 466. The van der Waals surface area contributed by atoms with Gasteiger partial charge in [0.25, 0.3) is 0 Å². The van der Waals surface area contributed by atoms with Crippen LogP contribution in [0.3, 0.4) is 0 Å². The quantitative estimate of drug-likeness (QED) is 0.186. The van der Waals surface area contributed by atoms with E-state index >= 15 is 0 Å². The molecular formula is C30H53. The van der Waals surface area contributed by atoms with E-state index in [1.54, 1.807) is 22.3 Å². The fourth-order valence-corrected chi connectivity index (χ4v) is 4.71. The second-order valence-electron chi connectivity index (χ2n) is 9.49. The molecule has 0 fully saturated rings. The molecule has 1 rings (SSSR count). The second kappa shape index (κ2) is 18.9. The predicted octanol–water partition coefficient (Wildman–Crippen LogP) is 9.98. The standard InChI is InChI=1S/C30H53/c1-5-9-13-17-21-27-25-26-28(22-18-14-10-6-2)30(24-20-16-12-8-4)29(27)23-19-15-11-7-3/h25H,5-24H2,1-4H3. The van der Waals surface area contributed by atoms with Crippen LogP contribution in [0.15, 0.2) is 6.07 Å². The van der Waals surface area contributed by atoms with Gasteiger partial charge in [0, 0.05) is 0 Å². The molecule has 173 valence electrons. The van der Waals surface area contributed by atoms with Crippen molar-refractivity contribution in [3.05, 3.63) is 34.4 Å². The lowest BCUT2D eigenvalue weighted by molar-refractivity contribution is 0.631. The van der Waals surface area contributed by atoms with E-state index in [4.69, 9.17) is 0 Å². The van der Waals surface area contributed by atoms with Gasteiger partial charge in [-0.05, 0) is 79.7 Å². The zero-order valence-corrected chi connectivity index (χ0v) is 21.2. The molecule has 0 atom stereocenters. The van der Waals surface area contributed by atoms with Gasteiger partial charge in [0.2, 0.25) is 0 Å². The van der Waals surface area contributed by atoms with E-state index in [9.17, 15) is 0 Å². The molecule has 0 aliphatic heterocycles. The molecule has 0 saturated heterocycles. The number of hydrogen-bond donors (Lipinski definition) is 0. The van der Waals surface area contributed by atoms with Crippen LogP contribution in [0.25, 0.3) is 0 Å². The normalized spacial score (nSPS) is 11.3. The summed E-state index contributed by atoms with van der Waals surface area (Å²) in [6, 6.07) is 6.21. The minimum atomic E-state index is 1.25. The molecule has 30 heavy (non-hydrogen) atoms. The van der Waals surface area contributed by atoms with Crippen LogP contribution >= 0.6 is 0 Å². The van der Waals surface area contributed by atoms with Gasteiger partial charge in [0.05, 0.1) is 0 Å². The van der Waals surface area contributed by atoms with Gasteiger partial charge in [0.15, 0.2) is 0 Å². The molecule has 0 amide bonds. The summed E-state index contributed by atoms with van der Waals surface area (Å²) in [6.45, 7) is 9.27. The molecular weight excluding hydrogens is 360 g/mol. The molecule has 0 unspecified atom stereocenters. The average molecular weight is 414 g/mol. The summed E-state index contributed by atoms with van der Waals surface area (Å²) >= 11 is 0. The zero-order chi connectivity index (χ0) is 21.9. The van der Waals surface area contributed by atoms with Crippen LogP contribution in [0.2, 0.25) is 0 Å². The lowest BCUT2D eigenvalue weighted by Crippen LogP contribution is -2.07. The van der Waals surface area contributed by atoms with E-state index in [-0.39, 0.29) is 0 Å². The van der Waals surface area contributed by atoms with Crippen LogP contribution < -0.4 is 0 Å². The molecule has 1 aromatic rings. The molecule has 0 bridgehead atoms. The first-order chi connectivity index (χ1) is 14.8. The fraction of sp³-hybridized carbons (Fsp3) is 0.800. The van der Waals surface area contributed by atoms with Crippen LogP contribution in [0.4, 0.5) is 0 Å². The third-order valence-electron chi connectivity index (χ3n) is 6.68. The lowest BCUT2D eigenvalue weighted by atomic mass is 9.85. The first-order valence-electron chi connectivity index (χ1n) is 13.8. The van der Waals surface area contributed by atoms with E-state index in [1.165, 1.54) is 128 Å². The maximum atomic E-state index is 3.81. The number of rotatable bonds is 20. The Balaban J connectivity index is 2.99. The maximum absolute atomic E-state index is 3.81. The fourth-order valence-electron chi connectivity index (χ4n) is 4.71. The largest absolute Gasteiger partial charge is 0.0654 e. The summed E-state index contributed by atoms with van der Waals surface area (Å²) < 4.78 is 0. The predicted molar refractivity (Wildman–Crippen MR) is 137 cm³/mol. The Hall–Kier alpha value is -0.780. The first kappa shape index (κ1) is 27.3. The summed E-state index contributed by atoms with van der Waals surface area (Å²) in [5, 5.41) is 0. The molecule has 1 aromatic carbocycles. The monoisotopic (exact) mass is 413 g/mol. The van der Waals surface area contributed by atoms with Gasteiger partial charge in [-0.1, -0.05) is 111 Å². The van der Waals surface area contributed by atoms with Crippen molar-refractivity contribution in [3.63, 3.8) is 0 Å². The number of benzene rings is 1. The molecule has 0 spiro atoms. The maximum Gasteiger partial charge on any atom is -0.0143 e. The molecule has 1 radical (unpaired) electrons. The summed E-state index contributed by atoms with van der Waals surface area (Å²) in [7, 11) is 0. The highest BCUT2D eigenvalue weighted by molar-refractivity contribution is 5.41. The van der Waals surface area contributed by atoms with Crippen LogP contribution in [-0.4, -0.2) is 0 Å². The van der Waals surface area contributed by atoms with E-state index in [0.29, 0.717) is 0 Å². The number of aryl methyl sites for hydroxylation is 2. The molecule has 0 aliphatic carbocycles. The second-order valence-corrected chi connectivity index (χ2v) is 9.49. The first-order valence-corrected chi connectivity index (χ1v) is 13.8. The Labute approximate surface area is 190 Å². The van der Waals surface area contributed by atoms with E-state index in [2.05, 4.69) is 39.8 Å². The molecule has 0 N–H and O–H groups in total. The van der Waals surface area contributed by atoms with Gasteiger partial charge in [-0.25, -0.2) is 0 Å². The highest BCUT2D eigenvalue weighted by Crippen LogP contribution is 2.27. The minimum absolute atomic E-state index is 1.25. The SMILES string of the molecule is CCCCCCc1[c]cc(CCCCCC)c(CCCCCC)c1CCCCCC. The molecule has 0 aliphatic rings. The van der Waals surface area contributed by atoms with Crippen molar-refractivity contribution in [2.45, 2.75) is 156 Å². The Morgan fingerprint density at radius 3 is 1.40 bits per heavy atom. The van der Waals surface area contributed by atoms with E-state index in [1.807, 2.05) is 0 Å². The summed E-state index contributed by atoms with van der Waals surface area (Å²) in [5.74, 6) is 0. The van der Waals surface area contributed by atoms with Crippen molar-refractivity contribution in [2.75, 3.05) is 0 Å². The summed E-state index contributed by atoms with van der Waals surface area (Å²) in [4.78, 5) is 0. The third kappa shape index (κ3) is 11.6. The highest BCUT2D eigenvalue weighted by atomic mass is 14.2. The van der Waals surface area contributed by atoms with Crippen molar-refractivity contribution < 1.29 is 0 Å². The van der Waals surface area contributed by atoms with Crippen molar-refractivity contribution >= 4 is 0 Å². The highest BCUT2D eigenvalue weighted by Gasteiger charge is 2.14. The Kier molecular flexibility index (Phi) is 17.2. The minimum Gasteiger partial charge on any atom is -0.0654 e.